The van der Waals surface area contributed by atoms with Crippen molar-refractivity contribution in [2.24, 2.45) is 5.73 Å². The van der Waals surface area contributed by atoms with Crippen molar-refractivity contribution in [2.45, 2.75) is 6.42 Å². The average Bonchev–Trinajstić information content (AvgIpc) is 1.88. The van der Waals surface area contributed by atoms with Crippen molar-refractivity contribution in [1.29, 1.82) is 0 Å². The van der Waals surface area contributed by atoms with E-state index in [9.17, 15) is 9.28 Å². The lowest BCUT2D eigenvalue weighted by atomic mass is 10.4. The highest BCUT2D eigenvalue weighted by molar-refractivity contribution is 5.70. The summed E-state index contributed by atoms with van der Waals surface area (Å²) < 4.78 is 16.8. The first kappa shape index (κ1) is 9.16. The first-order valence-electron chi connectivity index (χ1n) is 2.90. The van der Waals surface area contributed by atoms with E-state index in [-0.39, 0.29) is 11.7 Å². The number of amides is 2. The molecule has 0 aliphatic carbocycles. The minimum atomic E-state index is -1.06. The van der Waals surface area contributed by atoms with Crippen LogP contribution >= 0.6 is 0 Å². The molecule has 0 fully saturated rings. The largest absolute Gasteiger partial charge is 0.385 e. The van der Waals surface area contributed by atoms with Crippen LogP contribution in [0.1, 0.15) is 6.42 Å². The number of rotatable bonds is 4. The van der Waals surface area contributed by atoms with E-state index in [0.29, 0.717) is 13.0 Å². The number of nitrogens with two attached hydrogens (primary N) is 1. The summed E-state index contributed by atoms with van der Waals surface area (Å²) in [5, 5.41) is -0.0426. The Kier molecular flexibility index (Phi) is 4.57. The molecular formula is C5H11FN2O2. The zero-order valence-corrected chi connectivity index (χ0v) is 5.84. The number of nitrogens with zero attached hydrogens (tertiary/aromatic N) is 1. The van der Waals surface area contributed by atoms with Crippen LogP contribution < -0.4 is 5.73 Å². The number of ether oxygens (including phenoxy) is 1. The van der Waals surface area contributed by atoms with Crippen LogP contribution in [0.15, 0.2) is 0 Å². The summed E-state index contributed by atoms with van der Waals surface area (Å²) in [5.41, 5.74) is 4.59. The molecule has 10 heavy (non-hydrogen) atoms. The van der Waals surface area contributed by atoms with Crippen molar-refractivity contribution >= 4 is 6.03 Å². The number of carbonyl (C=O) groups is 1. The van der Waals surface area contributed by atoms with Gasteiger partial charge < -0.3 is 10.5 Å². The van der Waals surface area contributed by atoms with Crippen molar-refractivity contribution in [3.63, 3.8) is 0 Å². The molecule has 0 radical (unpaired) electrons. The maximum atomic E-state index is 12.2. The standard InChI is InChI=1S/C5H11FN2O2/c1-10-4-2-3-8(6)5(7)9/h2-4H2,1H3,(H2,7,9). The second-order valence-corrected chi connectivity index (χ2v) is 1.77. The predicted octanol–water partition coefficient (Wildman–Crippen LogP) is 0.288. The normalized spacial score (nSPS) is 9.40. The monoisotopic (exact) mass is 150 g/mol. The average molecular weight is 150 g/mol. The van der Waals surface area contributed by atoms with Crippen LogP contribution in [-0.2, 0) is 4.74 Å². The second kappa shape index (κ2) is 4.99. The van der Waals surface area contributed by atoms with Gasteiger partial charge in [0.25, 0.3) is 0 Å². The number of urea groups is 1. The summed E-state index contributed by atoms with van der Waals surface area (Å²) in [7, 11) is 1.51. The third-order valence-electron chi connectivity index (χ3n) is 0.942. The SMILES string of the molecule is COCCCN(F)C(N)=O. The van der Waals surface area contributed by atoms with E-state index >= 15 is 0 Å². The molecule has 0 aromatic rings. The second-order valence-electron chi connectivity index (χ2n) is 1.77. The third-order valence-corrected chi connectivity index (χ3v) is 0.942. The molecule has 0 aromatic carbocycles. The predicted molar refractivity (Wildman–Crippen MR) is 33.9 cm³/mol. The minimum Gasteiger partial charge on any atom is -0.385 e. The van der Waals surface area contributed by atoms with Gasteiger partial charge in [0, 0.05) is 13.7 Å². The summed E-state index contributed by atoms with van der Waals surface area (Å²) >= 11 is 0. The number of carbonyl (C=O) groups excluding carboxylic acids is 1. The van der Waals surface area contributed by atoms with E-state index < -0.39 is 6.03 Å². The lowest BCUT2D eigenvalue weighted by Gasteiger charge is -2.06. The topological polar surface area (TPSA) is 55.6 Å². The number of methoxy groups -OCH3 is 1. The summed E-state index contributed by atoms with van der Waals surface area (Å²) in [6, 6.07) is -1.06. The summed E-state index contributed by atoms with van der Waals surface area (Å²) in [6.45, 7) is 0.414. The highest BCUT2D eigenvalue weighted by atomic mass is 19.2. The van der Waals surface area contributed by atoms with Crippen molar-refractivity contribution in [3.05, 3.63) is 0 Å². The third kappa shape index (κ3) is 4.08. The Morgan fingerprint density at radius 1 is 1.80 bits per heavy atom. The molecule has 0 saturated heterocycles. The molecular weight excluding hydrogens is 139 g/mol. The quantitative estimate of drug-likeness (QED) is 0.462. The molecule has 0 unspecified atom stereocenters. The Balaban J connectivity index is 3.21. The first-order chi connectivity index (χ1) is 4.68. The molecule has 60 valence electrons. The van der Waals surface area contributed by atoms with Crippen LogP contribution in [0.4, 0.5) is 9.28 Å². The van der Waals surface area contributed by atoms with Gasteiger partial charge in [-0.3, -0.25) is 0 Å². The van der Waals surface area contributed by atoms with Gasteiger partial charge in [0.2, 0.25) is 0 Å². The lowest BCUT2D eigenvalue weighted by molar-refractivity contribution is 0.0617. The van der Waals surface area contributed by atoms with E-state index in [0.717, 1.165) is 0 Å². The first-order valence-corrected chi connectivity index (χ1v) is 2.90. The molecule has 0 aliphatic rings. The molecule has 0 heterocycles. The van der Waals surface area contributed by atoms with Crippen LogP contribution in [0.2, 0.25) is 0 Å². The van der Waals surface area contributed by atoms with Crippen molar-refractivity contribution < 1.29 is 14.0 Å². The molecule has 0 atom stereocenters. The van der Waals surface area contributed by atoms with Crippen LogP contribution in [0.25, 0.3) is 0 Å². The van der Waals surface area contributed by atoms with Crippen LogP contribution in [0, 0.1) is 0 Å². The molecule has 0 saturated carbocycles. The number of halogens is 1. The van der Waals surface area contributed by atoms with E-state index in [1.165, 1.54) is 7.11 Å². The zero-order valence-electron chi connectivity index (χ0n) is 5.84. The molecule has 0 bridgehead atoms. The van der Waals surface area contributed by atoms with Gasteiger partial charge in [-0.05, 0) is 6.42 Å². The molecule has 0 aliphatic heterocycles. The van der Waals surface area contributed by atoms with Gasteiger partial charge >= 0.3 is 6.03 Å². The Morgan fingerprint density at radius 3 is 2.80 bits per heavy atom. The Labute approximate surface area is 58.7 Å². The molecule has 0 rings (SSSR count). The number of hydrogen-bond acceptors (Lipinski definition) is 2. The molecule has 2 N–H and O–H groups in total. The van der Waals surface area contributed by atoms with Gasteiger partial charge in [-0.25, -0.2) is 4.79 Å². The van der Waals surface area contributed by atoms with Crippen LogP contribution in [-0.4, -0.2) is 31.4 Å². The maximum Gasteiger partial charge on any atom is 0.342 e. The van der Waals surface area contributed by atoms with Gasteiger partial charge in [0.1, 0.15) is 0 Å². The van der Waals surface area contributed by atoms with E-state index in [1.807, 2.05) is 0 Å². The highest BCUT2D eigenvalue weighted by Gasteiger charge is 2.05. The Bertz CT molecular complexity index is 110. The molecule has 0 spiro atoms. The van der Waals surface area contributed by atoms with E-state index in [4.69, 9.17) is 0 Å². The zero-order chi connectivity index (χ0) is 7.98. The Hall–Kier alpha value is -0.840. The van der Waals surface area contributed by atoms with Crippen LogP contribution in [0.5, 0.6) is 0 Å². The summed E-state index contributed by atoms with van der Waals surface area (Å²) in [4.78, 5) is 10.0. The summed E-state index contributed by atoms with van der Waals surface area (Å²) in [5.74, 6) is 0. The van der Waals surface area contributed by atoms with Gasteiger partial charge in [-0.1, -0.05) is 4.48 Å². The maximum absolute atomic E-state index is 12.2. The fraction of sp³-hybridized carbons (Fsp3) is 0.800. The van der Waals surface area contributed by atoms with Crippen LogP contribution in [0.3, 0.4) is 0 Å². The highest BCUT2D eigenvalue weighted by Crippen LogP contribution is 1.90. The van der Waals surface area contributed by atoms with Crippen molar-refractivity contribution in [2.75, 3.05) is 20.3 Å². The van der Waals surface area contributed by atoms with E-state index in [2.05, 4.69) is 10.5 Å². The fourth-order valence-corrected chi connectivity index (χ4v) is 0.458. The molecule has 2 amide bonds. The minimum absolute atomic E-state index is 0.0107. The molecule has 0 aromatic heterocycles. The van der Waals surface area contributed by atoms with Gasteiger partial charge in [-0.2, -0.15) is 5.12 Å². The van der Waals surface area contributed by atoms with E-state index in [1.54, 1.807) is 0 Å². The Morgan fingerprint density at radius 2 is 2.40 bits per heavy atom. The van der Waals surface area contributed by atoms with Gasteiger partial charge in [0.15, 0.2) is 0 Å². The van der Waals surface area contributed by atoms with Gasteiger partial charge in [-0.15, -0.1) is 0 Å². The van der Waals surface area contributed by atoms with Crippen molar-refractivity contribution in [1.82, 2.24) is 5.12 Å². The smallest absolute Gasteiger partial charge is 0.342 e. The fourth-order valence-electron chi connectivity index (χ4n) is 0.458. The molecule has 4 nitrogen and oxygen atoms in total. The summed E-state index contributed by atoms with van der Waals surface area (Å²) in [6.07, 6.45) is 0.454. The van der Waals surface area contributed by atoms with Gasteiger partial charge in [0.05, 0.1) is 6.54 Å². The van der Waals surface area contributed by atoms with Crippen molar-refractivity contribution in [3.8, 4) is 0 Å². The number of primary amides is 1. The lowest BCUT2D eigenvalue weighted by Crippen LogP contribution is -2.29. The number of hydrogen-bond donors (Lipinski definition) is 1. The molecule has 5 heteroatoms.